The molecule has 1 heterocycles. The number of alkyl halides is 2. The van der Waals surface area contributed by atoms with Crippen LogP contribution < -0.4 is 17.0 Å². The lowest BCUT2D eigenvalue weighted by molar-refractivity contribution is -0.782. The molecule has 160 valence electrons. The zero-order valence-electron chi connectivity index (χ0n) is 17.2. The lowest BCUT2D eigenvalue weighted by atomic mass is 9.52. The molecular formula is C24H33Cl3N2. The molecule has 9 rings (SSSR count). The summed E-state index contributed by atoms with van der Waals surface area (Å²) in [5.41, 5.74) is 0.610. The van der Waals surface area contributed by atoms with Gasteiger partial charge in [0.25, 0.3) is 5.82 Å². The minimum absolute atomic E-state index is 0. The molecule has 0 unspecified atom stereocenters. The number of nitrogens with zero attached hydrogens (tertiary/aromatic N) is 2. The molecule has 8 aliphatic carbocycles. The largest absolute Gasteiger partial charge is 1.00 e. The van der Waals surface area contributed by atoms with Gasteiger partial charge in [0.2, 0.25) is 4.84 Å². The fraction of sp³-hybridized carbons (Fsp3) is 0.875. The molecule has 29 heavy (non-hydrogen) atoms. The molecule has 8 saturated carbocycles. The van der Waals surface area contributed by atoms with Crippen molar-refractivity contribution in [1.29, 1.82) is 0 Å². The van der Waals surface area contributed by atoms with Crippen LogP contribution in [0.5, 0.6) is 0 Å². The number of halogens is 3. The smallest absolute Gasteiger partial charge is 0.291 e. The molecule has 8 aliphatic rings. The average Bonchev–Trinajstić information content (AvgIpc) is 3.06. The molecule has 8 bridgehead atoms. The quantitative estimate of drug-likeness (QED) is 0.489. The highest BCUT2D eigenvalue weighted by Gasteiger charge is 2.59. The van der Waals surface area contributed by atoms with Crippen LogP contribution in [-0.2, 0) is 11.1 Å². The van der Waals surface area contributed by atoms with E-state index in [4.69, 9.17) is 23.2 Å². The van der Waals surface area contributed by atoms with Crippen molar-refractivity contribution in [1.82, 2.24) is 4.57 Å². The van der Waals surface area contributed by atoms with E-state index in [9.17, 15) is 0 Å². The highest BCUT2D eigenvalue weighted by Crippen LogP contribution is 2.60. The van der Waals surface area contributed by atoms with Gasteiger partial charge in [0.1, 0.15) is 23.5 Å². The molecule has 0 atom stereocenters. The molecule has 0 spiro atoms. The van der Waals surface area contributed by atoms with Crippen LogP contribution in [0.1, 0.15) is 87.7 Å². The summed E-state index contributed by atoms with van der Waals surface area (Å²) in [7, 11) is 0. The van der Waals surface area contributed by atoms with E-state index in [1.54, 1.807) is 0 Å². The van der Waals surface area contributed by atoms with Crippen molar-refractivity contribution in [3.63, 3.8) is 0 Å². The van der Waals surface area contributed by atoms with Crippen LogP contribution in [0.15, 0.2) is 12.4 Å². The minimum Gasteiger partial charge on any atom is -1.00 e. The Balaban J connectivity index is 0.00000165. The van der Waals surface area contributed by atoms with E-state index in [2.05, 4.69) is 21.5 Å². The molecular weight excluding hydrogens is 423 g/mol. The van der Waals surface area contributed by atoms with Gasteiger partial charge in [-0.2, -0.15) is 0 Å². The molecule has 5 heteroatoms. The topological polar surface area (TPSA) is 8.81 Å². The van der Waals surface area contributed by atoms with Crippen molar-refractivity contribution in [3.8, 4) is 0 Å². The van der Waals surface area contributed by atoms with Crippen molar-refractivity contribution in [2.45, 2.75) is 93.0 Å². The Bertz CT molecular complexity index is 681. The van der Waals surface area contributed by atoms with E-state index in [-0.39, 0.29) is 12.4 Å². The zero-order chi connectivity index (χ0) is 18.7. The monoisotopic (exact) mass is 454 g/mol. The molecule has 0 amide bonds. The van der Waals surface area contributed by atoms with Gasteiger partial charge in [0.15, 0.2) is 0 Å². The molecule has 0 radical (unpaired) electrons. The maximum atomic E-state index is 6.76. The molecule has 0 saturated heterocycles. The first kappa shape index (κ1) is 19.7. The van der Waals surface area contributed by atoms with Gasteiger partial charge < -0.3 is 12.4 Å². The van der Waals surface area contributed by atoms with E-state index in [1.807, 2.05) is 0 Å². The van der Waals surface area contributed by atoms with Crippen molar-refractivity contribution in [3.05, 3.63) is 18.2 Å². The summed E-state index contributed by atoms with van der Waals surface area (Å²) in [6, 6.07) is 0. The Labute approximate surface area is 191 Å². The van der Waals surface area contributed by atoms with Crippen LogP contribution in [0.3, 0.4) is 0 Å². The van der Waals surface area contributed by atoms with Gasteiger partial charge in [-0.1, -0.05) is 23.2 Å². The zero-order valence-corrected chi connectivity index (χ0v) is 19.5. The summed E-state index contributed by atoms with van der Waals surface area (Å²) in [6.07, 6.45) is 21.9. The van der Waals surface area contributed by atoms with E-state index in [1.165, 1.54) is 82.9 Å². The first-order valence-corrected chi connectivity index (χ1v) is 12.8. The highest BCUT2D eigenvalue weighted by molar-refractivity contribution is 6.43. The molecule has 0 N–H and O–H groups in total. The number of rotatable bonds is 3. The Hall–Kier alpha value is 0.0800. The minimum atomic E-state index is -0.420. The molecule has 0 aliphatic heterocycles. The van der Waals surface area contributed by atoms with Crippen LogP contribution in [0.25, 0.3) is 0 Å². The molecule has 0 aromatic carbocycles. The second-order valence-electron chi connectivity index (χ2n) is 12.0. The number of hydrogen-bond donors (Lipinski definition) is 0. The van der Waals surface area contributed by atoms with Crippen LogP contribution in [0, 0.1) is 35.5 Å². The third-order valence-electron chi connectivity index (χ3n) is 10.1. The summed E-state index contributed by atoms with van der Waals surface area (Å²) < 4.78 is 5.25. The average molecular weight is 456 g/mol. The van der Waals surface area contributed by atoms with Gasteiger partial charge in [0.05, 0.1) is 0 Å². The molecule has 8 fully saturated rings. The van der Waals surface area contributed by atoms with Gasteiger partial charge in [-0.15, -0.1) is 0 Å². The fourth-order valence-electron chi connectivity index (χ4n) is 10.1. The standard InChI is InChI=1S/C24H33Cl2N2.ClH/c25-21(26)22-27(23-9-15-3-16(10-23)5-17(4-15)11-23)1-2-28(22)24-12-18-6-19(13-24)8-20(7-18)14-24;/h1-2,15-21H,3-14H2;1H/q+1;/p-1. The van der Waals surface area contributed by atoms with Gasteiger partial charge >= 0.3 is 0 Å². The Kier molecular flexibility index (Phi) is 4.46. The molecule has 2 nitrogen and oxygen atoms in total. The third-order valence-corrected chi connectivity index (χ3v) is 10.5. The first-order chi connectivity index (χ1) is 13.5. The number of hydrogen-bond acceptors (Lipinski definition) is 0. The lowest BCUT2D eigenvalue weighted by Crippen LogP contribution is -3.00. The second-order valence-corrected chi connectivity index (χ2v) is 13.1. The van der Waals surface area contributed by atoms with Crippen molar-refractivity contribution < 1.29 is 17.0 Å². The van der Waals surface area contributed by atoms with Crippen LogP contribution in [-0.4, -0.2) is 4.57 Å². The number of aromatic nitrogens is 2. The summed E-state index contributed by atoms with van der Waals surface area (Å²) in [5.74, 6) is 6.89. The predicted molar refractivity (Wildman–Crippen MR) is 111 cm³/mol. The van der Waals surface area contributed by atoms with E-state index in [0.29, 0.717) is 11.1 Å². The summed E-state index contributed by atoms with van der Waals surface area (Å²) >= 11 is 13.5. The predicted octanol–water partition coefficient (Wildman–Crippen LogP) is 3.11. The normalized spacial score (nSPS) is 49.1. The van der Waals surface area contributed by atoms with Gasteiger partial charge in [-0.3, -0.25) is 0 Å². The maximum Gasteiger partial charge on any atom is 0.291 e. The maximum absolute atomic E-state index is 6.76. The van der Waals surface area contributed by atoms with Gasteiger partial charge in [-0.05, 0) is 113 Å². The van der Waals surface area contributed by atoms with E-state index in [0.717, 1.165) is 35.5 Å². The second kappa shape index (κ2) is 6.55. The number of imidazole rings is 1. The highest BCUT2D eigenvalue weighted by atomic mass is 35.5. The first-order valence-electron chi connectivity index (χ1n) is 11.9. The van der Waals surface area contributed by atoms with E-state index < -0.39 is 4.84 Å². The van der Waals surface area contributed by atoms with E-state index >= 15 is 0 Å². The van der Waals surface area contributed by atoms with Crippen molar-refractivity contribution in [2.75, 3.05) is 0 Å². The lowest BCUT2D eigenvalue weighted by Gasteiger charge is -2.56. The van der Waals surface area contributed by atoms with Gasteiger partial charge in [-0.25, -0.2) is 9.13 Å². The Morgan fingerprint density at radius 2 is 1.17 bits per heavy atom. The van der Waals surface area contributed by atoms with Gasteiger partial charge in [0, 0.05) is 0 Å². The van der Waals surface area contributed by atoms with Crippen molar-refractivity contribution in [2.24, 2.45) is 35.5 Å². The summed E-state index contributed by atoms with van der Waals surface area (Å²) in [6.45, 7) is 0. The summed E-state index contributed by atoms with van der Waals surface area (Å²) in [5, 5.41) is 0. The third kappa shape index (κ3) is 2.77. The van der Waals surface area contributed by atoms with Crippen molar-refractivity contribution >= 4 is 23.2 Å². The van der Waals surface area contributed by atoms with Crippen LogP contribution in [0.4, 0.5) is 0 Å². The van der Waals surface area contributed by atoms with Crippen LogP contribution in [0.2, 0.25) is 0 Å². The fourth-order valence-corrected chi connectivity index (χ4v) is 10.6. The summed E-state index contributed by atoms with van der Waals surface area (Å²) in [4.78, 5) is -0.420. The molecule has 1 aromatic heterocycles. The Morgan fingerprint density at radius 3 is 1.59 bits per heavy atom. The Morgan fingerprint density at radius 1 is 0.759 bits per heavy atom. The SMILES string of the molecule is ClC(Cl)c1n(C23CC4CC(CC(C4)C2)C3)cc[n+]1C12CC3CC(CC(C3)C1)C2.[Cl-]. The van der Waals surface area contributed by atoms with Crippen LogP contribution >= 0.6 is 23.2 Å². The molecule has 1 aromatic rings.